The van der Waals surface area contributed by atoms with E-state index in [0.29, 0.717) is 16.2 Å². The van der Waals surface area contributed by atoms with Crippen LogP contribution < -0.4 is 0 Å². The summed E-state index contributed by atoms with van der Waals surface area (Å²) >= 11 is 0. The average molecular weight is 264 g/mol. The van der Waals surface area contributed by atoms with E-state index >= 15 is 0 Å². The number of ether oxygens (including phenoxy) is 1. The van der Waals surface area contributed by atoms with Crippen LogP contribution in [0.4, 0.5) is 0 Å². The van der Waals surface area contributed by atoms with E-state index in [0.717, 1.165) is 12.8 Å². The molecule has 0 unspecified atom stereocenters. The van der Waals surface area contributed by atoms with E-state index in [9.17, 15) is 8.42 Å². The maximum absolute atomic E-state index is 12.5. The summed E-state index contributed by atoms with van der Waals surface area (Å²) in [6.45, 7) is 1.96. The largest absolute Gasteiger partial charge is 0.368 e. The molecule has 0 saturated carbocycles. The van der Waals surface area contributed by atoms with E-state index in [1.807, 2.05) is 13.0 Å². The van der Waals surface area contributed by atoms with Crippen molar-refractivity contribution in [2.24, 2.45) is 0 Å². The van der Waals surface area contributed by atoms with Gasteiger partial charge in [-0.2, -0.15) is 0 Å². The summed E-state index contributed by atoms with van der Waals surface area (Å²) in [4.78, 5) is 0.895. The van der Waals surface area contributed by atoms with Crippen LogP contribution in [0.15, 0.2) is 46.2 Å². The molecule has 2 heterocycles. The van der Waals surface area contributed by atoms with Crippen LogP contribution in [0.25, 0.3) is 0 Å². The van der Waals surface area contributed by atoms with Gasteiger partial charge in [0.05, 0.1) is 21.5 Å². The van der Waals surface area contributed by atoms with E-state index in [1.165, 1.54) is 0 Å². The Morgan fingerprint density at radius 1 is 1.28 bits per heavy atom. The number of hydrogen-bond donors (Lipinski definition) is 0. The SMILES string of the molecule is C[C@@]12C=C(S(=O)(=O)c3ccccc3)C[C@@H](CC1)O2. The predicted molar refractivity (Wildman–Crippen MR) is 68.8 cm³/mol. The number of benzene rings is 1. The lowest BCUT2D eigenvalue weighted by Crippen LogP contribution is -2.29. The van der Waals surface area contributed by atoms with Crippen LogP contribution in [-0.2, 0) is 14.6 Å². The first kappa shape index (κ1) is 11.9. The van der Waals surface area contributed by atoms with Crippen molar-refractivity contribution >= 4 is 9.84 Å². The molecule has 96 valence electrons. The van der Waals surface area contributed by atoms with Crippen LogP contribution in [0.2, 0.25) is 0 Å². The summed E-state index contributed by atoms with van der Waals surface area (Å²) in [7, 11) is -3.34. The molecule has 2 atom stereocenters. The second-order valence-electron chi connectivity index (χ2n) is 5.22. The summed E-state index contributed by atoms with van der Waals surface area (Å²) in [5, 5.41) is 0. The van der Waals surface area contributed by atoms with Gasteiger partial charge in [0.1, 0.15) is 0 Å². The summed E-state index contributed by atoms with van der Waals surface area (Å²) in [5.74, 6) is 0. The number of rotatable bonds is 2. The van der Waals surface area contributed by atoms with Crippen LogP contribution in [0.5, 0.6) is 0 Å². The zero-order valence-electron chi connectivity index (χ0n) is 10.3. The van der Waals surface area contributed by atoms with E-state index in [-0.39, 0.29) is 11.7 Å². The fourth-order valence-electron chi connectivity index (χ4n) is 2.76. The highest BCUT2D eigenvalue weighted by Gasteiger charge is 2.41. The third kappa shape index (κ3) is 1.89. The molecule has 1 aromatic carbocycles. The van der Waals surface area contributed by atoms with Crippen molar-refractivity contribution in [3.05, 3.63) is 41.3 Å². The maximum Gasteiger partial charge on any atom is 0.202 e. The first-order valence-electron chi connectivity index (χ1n) is 6.19. The topological polar surface area (TPSA) is 43.4 Å². The third-order valence-corrected chi connectivity index (χ3v) is 5.56. The number of sulfone groups is 1. The van der Waals surface area contributed by atoms with Crippen molar-refractivity contribution in [2.45, 2.75) is 42.8 Å². The molecule has 18 heavy (non-hydrogen) atoms. The van der Waals surface area contributed by atoms with E-state index in [1.54, 1.807) is 30.3 Å². The Morgan fingerprint density at radius 3 is 2.67 bits per heavy atom. The van der Waals surface area contributed by atoms with Crippen molar-refractivity contribution in [3.8, 4) is 0 Å². The summed E-state index contributed by atoms with van der Waals surface area (Å²) in [6, 6.07) is 8.63. The molecule has 2 bridgehead atoms. The predicted octanol–water partition coefficient (Wildman–Crippen LogP) is 2.69. The highest BCUT2D eigenvalue weighted by Crippen LogP contribution is 2.42. The van der Waals surface area contributed by atoms with Crippen molar-refractivity contribution in [1.29, 1.82) is 0 Å². The fourth-order valence-corrected chi connectivity index (χ4v) is 4.39. The molecular formula is C14H16O3S. The van der Waals surface area contributed by atoms with Crippen molar-refractivity contribution in [3.63, 3.8) is 0 Å². The monoisotopic (exact) mass is 264 g/mol. The Kier molecular flexibility index (Phi) is 2.61. The zero-order valence-corrected chi connectivity index (χ0v) is 11.1. The lowest BCUT2D eigenvalue weighted by Gasteiger charge is -2.28. The van der Waals surface area contributed by atoms with E-state index in [4.69, 9.17) is 4.74 Å². The van der Waals surface area contributed by atoms with Gasteiger partial charge in [0.15, 0.2) is 0 Å². The minimum Gasteiger partial charge on any atom is -0.368 e. The minimum absolute atomic E-state index is 0.0634. The smallest absolute Gasteiger partial charge is 0.202 e. The molecule has 3 rings (SSSR count). The Morgan fingerprint density at radius 2 is 2.00 bits per heavy atom. The lowest BCUT2D eigenvalue weighted by molar-refractivity contribution is -0.00339. The van der Waals surface area contributed by atoms with Crippen LogP contribution in [0.1, 0.15) is 26.2 Å². The van der Waals surface area contributed by atoms with Gasteiger partial charge in [-0.15, -0.1) is 0 Å². The standard InChI is InChI=1S/C14H16O3S/c1-14-8-7-11(17-14)9-13(10-14)18(15,16)12-5-3-2-4-6-12/h2-6,10-11H,7-9H2,1H3/t11-,14+/m1/s1. The molecule has 0 spiro atoms. The molecule has 4 heteroatoms. The number of fused-ring (bicyclic) bond motifs is 2. The normalized spacial score (nSPS) is 31.2. The molecule has 0 N–H and O–H groups in total. The van der Waals surface area contributed by atoms with Gasteiger partial charge in [-0.05, 0) is 38.0 Å². The molecule has 2 aliphatic heterocycles. The van der Waals surface area contributed by atoms with Crippen LogP contribution in [-0.4, -0.2) is 20.1 Å². The average Bonchev–Trinajstić information content (AvgIpc) is 2.63. The maximum atomic E-state index is 12.5. The van der Waals surface area contributed by atoms with Gasteiger partial charge in [0, 0.05) is 6.42 Å². The highest BCUT2D eigenvalue weighted by molar-refractivity contribution is 7.95. The summed E-state index contributed by atoms with van der Waals surface area (Å²) in [6.07, 6.45) is 4.23. The quantitative estimate of drug-likeness (QED) is 0.825. The molecule has 0 aliphatic carbocycles. The molecule has 1 saturated heterocycles. The Bertz CT molecular complexity index is 589. The van der Waals surface area contributed by atoms with Crippen molar-refractivity contribution in [1.82, 2.24) is 0 Å². The van der Waals surface area contributed by atoms with Crippen molar-refractivity contribution in [2.75, 3.05) is 0 Å². The molecule has 1 fully saturated rings. The zero-order chi connectivity index (χ0) is 12.8. The minimum atomic E-state index is -3.34. The molecular weight excluding hydrogens is 248 g/mol. The summed E-state index contributed by atoms with van der Waals surface area (Å²) in [5.41, 5.74) is -0.389. The van der Waals surface area contributed by atoms with Gasteiger partial charge in [-0.3, -0.25) is 0 Å². The second kappa shape index (κ2) is 3.93. The van der Waals surface area contributed by atoms with Gasteiger partial charge in [-0.1, -0.05) is 18.2 Å². The van der Waals surface area contributed by atoms with Gasteiger partial charge in [0.2, 0.25) is 9.84 Å². The van der Waals surface area contributed by atoms with Crippen molar-refractivity contribution < 1.29 is 13.2 Å². The molecule has 0 radical (unpaired) electrons. The third-order valence-electron chi connectivity index (χ3n) is 3.69. The van der Waals surface area contributed by atoms with Crippen LogP contribution >= 0.6 is 0 Å². The second-order valence-corrected chi connectivity index (χ2v) is 7.23. The molecule has 1 aromatic rings. The van der Waals surface area contributed by atoms with Crippen LogP contribution in [0.3, 0.4) is 0 Å². The van der Waals surface area contributed by atoms with Gasteiger partial charge in [0.25, 0.3) is 0 Å². The Hall–Kier alpha value is -1.13. The molecule has 3 nitrogen and oxygen atoms in total. The van der Waals surface area contributed by atoms with Crippen LogP contribution in [0, 0.1) is 0 Å². The summed E-state index contributed by atoms with van der Waals surface area (Å²) < 4.78 is 30.9. The van der Waals surface area contributed by atoms with E-state index < -0.39 is 9.84 Å². The van der Waals surface area contributed by atoms with E-state index in [2.05, 4.69) is 0 Å². The number of hydrogen-bond acceptors (Lipinski definition) is 3. The lowest BCUT2D eigenvalue weighted by atomic mass is 10.0. The first-order chi connectivity index (χ1) is 8.50. The molecule has 2 aliphatic rings. The first-order valence-corrected chi connectivity index (χ1v) is 7.68. The Labute approximate surface area is 107 Å². The fraction of sp³-hybridized carbons (Fsp3) is 0.429. The Balaban J connectivity index is 2.04. The van der Waals surface area contributed by atoms with Gasteiger partial charge in [-0.25, -0.2) is 8.42 Å². The highest BCUT2D eigenvalue weighted by atomic mass is 32.2. The van der Waals surface area contributed by atoms with Gasteiger partial charge < -0.3 is 4.74 Å². The van der Waals surface area contributed by atoms with Gasteiger partial charge >= 0.3 is 0 Å². The molecule has 0 amide bonds. The molecule has 0 aromatic heterocycles.